The Labute approximate surface area is 227 Å². The number of aryl methyl sites for hydroxylation is 2. The number of ketones is 1. The molecule has 1 fully saturated rings. The van der Waals surface area contributed by atoms with Crippen LogP contribution in [-0.4, -0.2) is 34.1 Å². The molecule has 2 aliphatic rings. The molecule has 0 radical (unpaired) electrons. The number of carbonyl (C=O) groups excluding carboxylic acids is 2. The maximum Gasteiger partial charge on any atom is 0.280 e. The van der Waals surface area contributed by atoms with Gasteiger partial charge in [0.15, 0.2) is 11.5 Å². The third-order valence-corrected chi connectivity index (χ3v) is 8.07. The van der Waals surface area contributed by atoms with Crippen molar-refractivity contribution >= 4 is 40.6 Å². The topological polar surface area (TPSA) is 67.2 Å². The van der Waals surface area contributed by atoms with Gasteiger partial charge in [-0.05, 0) is 87.0 Å². The fraction of sp³-hybridized carbons (Fsp3) is 0.414. The molecule has 1 amide bonds. The highest BCUT2D eigenvalue weighted by molar-refractivity contribution is 6.31. The maximum atomic E-state index is 14.2. The van der Waals surface area contributed by atoms with Crippen LogP contribution in [0.5, 0.6) is 0 Å². The number of benzene rings is 2. The number of hydrogen-bond donors (Lipinski definition) is 1. The van der Waals surface area contributed by atoms with Gasteiger partial charge in [0.2, 0.25) is 0 Å². The summed E-state index contributed by atoms with van der Waals surface area (Å²) >= 11 is 12.7. The van der Waals surface area contributed by atoms with E-state index in [1.54, 1.807) is 6.92 Å². The second-order valence-electron chi connectivity index (χ2n) is 10.5. The number of nitrogens with one attached hydrogen (secondary N) is 1. The van der Waals surface area contributed by atoms with Crippen LogP contribution in [0.15, 0.2) is 36.4 Å². The fourth-order valence-corrected chi connectivity index (χ4v) is 6.37. The molecule has 0 bridgehead atoms. The highest BCUT2D eigenvalue weighted by Crippen LogP contribution is 2.47. The van der Waals surface area contributed by atoms with Crippen molar-refractivity contribution in [1.82, 2.24) is 15.1 Å². The van der Waals surface area contributed by atoms with Gasteiger partial charge in [-0.25, -0.2) is 0 Å². The van der Waals surface area contributed by atoms with Crippen molar-refractivity contribution in [1.29, 1.82) is 0 Å². The highest BCUT2D eigenvalue weighted by atomic mass is 35.5. The largest absolute Gasteiger partial charge is 0.311 e. The van der Waals surface area contributed by atoms with Gasteiger partial charge in [-0.15, -0.1) is 0 Å². The van der Waals surface area contributed by atoms with Gasteiger partial charge in [-0.2, -0.15) is 5.10 Å². The van der Waals surface area contributed by atoms with E-state index in [1.165, 1.54) is 0 Å². The van der Waals surface area contributed by atoms with Crippen molar-refractivity contribution in [3.05, 3.63) is 80.1 Å². The van der Waals surface area contributed by atoms with Gasteiger partial charge < -0.3 is 5.32 Å². The first-order valence-electron chi connectivity index (χ1n) is 12.8. The van der Waals surface area contributed by atoms with E-state index >= 15 is 0 Å². The second kappa shape index (κ2) is 9.90. The summed E-state index contributed by atoms with van der Waals surface area (Å²) in [5.74, 6) is -0.124. The van der Waals surface area contributed by atoms with E-state index in [0.717, 1.165) is 53.0 Å². The number of nitrogens with zero attached hydrogens (tertiary/aromatic N) is 3. The van der Waals surface area contributed by atoms with Crippen molar-refractivity contribution < 1.29 is 9.59 Å². The zero-order chi connectivity index (χ0) is 26.6. The zero-order valence-electron chi connectivity index (χ0n) is 21.8. The van der Waals surface area contributed by atoms with Gasteiger partial charge in [-0.3, -0.25) is 19.2 Å². The molecule has 37 heavy (non-hydrogen) atoms. The predicted octanol–water partition coefficient (Wildman–Crippen LogP) is 6.56. The van der Waals surface area contributed by atoms with Crippen LogP contribution in [0.1, 0.15) is 90.1 Å². The summed E-state index contributed by atoms with van der Waals surface area (Å²) in [6.45, 7) is 10.7. The Hall–Kier alpha value is -2.67. The van der Waals surface area contributed by atoms with Crippen molar-refractivity contribution in [3.8, 4) is 0 Å². The lowest BCUT2D eigenvalue weighted by atomic mass is 9.91. The fourth-order valence-electron chi connectivity index (χ4n) is 5.97. The summed E-state index contributed by atoms with van der Waals surface area (Å²) in [4.78, 5) is 29.0. The van der Waals surface area contributed by atoms with Crippen molar-refractivity contribution in [2.45, 2.75) is 71.5 Å². The molecule has 2 aromatic carbocycles. The van der Waals surface area contributed by atoms with Crippen LogP contribution in [0.25, 0.3) is 0 Å². The first kappa shape index (κ1) is 26.0. The Bertz CT molecular complexity index is 1390. The molecule has 1 N–H and O–H groups in total. The number of anilines is 1. The van der Waals surface area contributed by atoms with Crippen LogP contribution in [-0.2, 0) is 4.79 Å². The van der Waals surface area contributed by atoms with E-state index in [2.05, 4.69) is 19.2 Å². The summed E-state index contributed by atoms with van der Waals surface area (Å²) in [6, 6.07) is 10.5. The molecule has 0 saturated carbocycles. The number of fused-ring (bicyclic) bond motifs is 1. The molecule has 1 saturated heterocycles. The van der Waals surface area contributed by atoms with Gasteiger partial charge >= 0.3 is 0 Å². The Morgan fingerprint density at radius 3 is 2.41 bits per heavy atom. The normalized spacial score (nSPS) is 20.1. The molecule has 3 atom stereocenters. The van der Waals surface area contributed by atoms with E-state index in [9.17, 15) is 9.59 Å². The van der Waals surface area contributed by atoms with Gasteiger partial charge in [-0.1, -0.05) is 49.2 Å². The van der Waals surface area contributed by atoms with Crippen LogP contribution < -0.4 is 10.2 Å². The average molecular weight is 540 g/mol. The van der Waals surface area contributed by atoms with Crippen LogP contribution >= 0.6 is 23.2 Å². The molecule has 8 heteroatoms. The molecule has 5 rings (SSSR count). The monoisotopic (exact) mass is 538 g/mol. The number of rotatable bonds is 6. The molecule has 2 aliphatic heterocycles. The van der Waals surface area contributed by atoms with E-state index in [4.69, 9.17) is 28.3 Å². The van der Waals surface area contributed by atoms with E-state index in [1.807, 2.05) is 59.8 Å². The van der Waals surface area contributed by atoms with Crippen LogP contribution in [0.4, 0.5) is 5.69 Å². The first-order valence-corrected chi connectivity index (χ1v) is 13.6. The van der Waals surface area contributed by atoms with Crippen LogP contribution in [0.2, 0.25) is 10.0 Å². The molecule has 0 aliphatic carbocycles. The minimum atomic E-state index is -0.466. The molecule has 6 nitrogen and oxygen atoms in total. The van der Waals surface area contributed by atoms with Gasteiger partial charge in [0, 0.05) is 33.0 Å². The third-order valence-electron chi connectivity index (χ3n) is 7.60. The Balaban J connectivity index is 1.78. The number of halogens is 2. The molecular weight excluding hydrogens is 507 g/mol. The Kier molecular flexibility index (Phi) is 6.94. The smallest absolute Gasteiger partial charge is 0.280 e. The number of Topliss-reactive ketones (excluding diaryl/α,β-unsaturated/α-hetero) is 1. The van der Waals surface area contributed by atoms with E-state index in [-0.39, 0.29) is 23.7 Å². The summed E-state index contributed by atoms with van der Waals surface area (Å²) < 4.78 is 1.85. The Morgan fingerprint density at radius 1 is 1.08 bits per heavy atom. The summed E-state index contributed by atoms with van der Waals surface area (Å²) in [5.41, 5.74) is 5.80. The maximum absolute atomic E-state index is 14.2. The molecule has 0 spiro atoms. The van der Waals surface area contributed by atoms with Crippen molar-refractivity contribution in [3.63, 3.8) is 0 Å². The molecule has 3 aromatic rings. The molecule has 2 unspecified atom stereocenters. The first-order chi connectivity index (χ1) is 17.6. The van der Waals surface area contributed by atoms with Gasteiger partial charge in [0.1, 0.15) is 6.04 Å². The summed E-state index contributed by atoms with van der Waals surface area (Å²) in [7, 11) is 0. The standard InChI is InChI=1S/C29H32Cl2N4O2/c1-15(2)26-24-25(33-35(26)27(18(5)36)22-7-6-12-32-22)29(37)34(23-14-20(31)9-8-16(23)3)28(24)21-11-10-19(30)13-17(21)4/h8-11,13-15,22,27-28,32H,6-7,12H2,1-5H3/t22-,27?,28?/m0/s1. The lowest BCUT2D eigenvalue weighted by molar-refractivity contribution is -0.121. The number of carbonyl (C=O) groups is 2. The summed E-state index contributed by atoms with van der Waals surface area (Å²) in [5, 5.41) is 9.59. The van der Waals surface area contributed by atoms with Crippen molar-refractivity contribution in [2.75, 3.05) is 11.4 Å². The molecule has 3 heterocycles. The number of hydrogen-bond acceptors (Lipinski definition) is 4. The SMILES string of the molecule is CC(=O)C([C@@H]1CCCN1)n1nc2c(c1C(C)C)C(c1ccc(Cl)cc1C)N(c1cc(Cl)ccc1C)C2=O. The molecule has 194 valence electrons. The van der Waals surface area contributed by atoms with Crippen LogP contribution in [0.3, 0.4) is 0 Å². The van der Waals surface area contributed by atoms with Crippen LogP contribution in [0, 0.1) is 13.8 Å². The quantitative estimate of drug-likeness (QED) is 0.385. The lowest BCUT2D eigenvalue weighted by Crippen LogP contribution is -2.39. The molecule has 1 aromatic heterocycles. The second-order valence-corrected chi connectivity index (χ2v) is 11.4. The zero-order valence-corrected chi connectivity index (χ0v) is 23.3. The van der Waals surface area contributed by atoms with E-state index < -0.39 is 12.1 Å². The third kappa shape index (κ3) is 4.39. The minimum Gasteiger partial charge on any atom is -0.311 e. The molecular formula is C29H32Cl2N4O2. The lowest BCUT2D eigenvalue weighted by Gasteiger charge is -2.31. The van der Waals surface area contributed by atoms with Gasteiger partial charge in [0.05, 0.1) is 6.04 Å². The van der Waals surface area contributed by atoms with Crippen molar-refractivity contribution in [2.24, 2.45) is 0 Å². The minimum absolute atomic E-state index is 0.00729. The Morgan fingerprint density at radius 2 is 1.78 bits per heavy atom. The average Bonchev–Trinajstić information content (AvgIpc) is 3.53. The number of aromatic nitrogens is 2. The van der Waals surface area contributed by atoms with E-state index in [0.29, 0.717) is 15.7 Å². The summed E-state index contributed by atoms with van der Waals surface area (Å²) in [6.07, 6.45) is 1.91. The highest BCUT2D eigenvalue weighted by Gasteiger charge is 2.47. The number of amides is 1. The predicted molar refractivity (Wildman–Crippen MR) is 148 cm³/mol. The van der Waals surface area contributed by atoms with Gasteiger partial charge in [0.25, 0.3) is 5.91 Å².